The van der Waals surface area contributed by atoms with Crippen LogP contribution in [0.5, 0.6) is 0 Å². The van der Waals surface area contributed by atoms with E-state index in [4.69, 9.17) is 0 Å². The molecule has 2 aliphatic heterocycles. The van der Waals surface area contributed by atoms with E-state index in [1.807, 2.05) is 58.3 Å². The van der Waals surface area contributed by atoms with Gasteiger partial charge in [0.15, 0.2) is 0 Å². The van der Waals surface area contributed by atoms with Crippen molar-refractivity contribution in [1.82, 2.24) is 14.8 Å². The Morgan fingerprint density at radius 1 is 0.929 bits per heavy atom. The smallest absolute Gasteiger partial charge is 0.232 e. The van der Waals surface area contributed by atoms with Crippen molar-refractivity contribution in [3.05, 3.63) is 102 Å². The zero-order valence-electron chi connectivity index (χ0n) is 23.9. The Bertz CT molecular complexity index is 1360. The molecule has 6 rings (SSSR count). The number of carbonyl (C=O) groups is 2. The van der Waals surface area contributed by atoms with E-state index in [-0.39, 0.29) is 54.4 Å². The van der Waals surface area contributed by atoms with Crippen molar-refractivity contribution in [3.63, 3.8) is 0 Å². The first-order chi connectivity index (χ1) is 19.6. The summed E-state index contributed by atoms with van der Waals surface area (Å²) in [5.41, 5.74) is 4.92. The predicted molar refractivity (Wildman–Crippen MR) is 173 cm³/mol. The van der Waals surface area contributed by atoms with E-state index in [9.17, 15) is 9.59 Å². The Labute approximate surface area is 261 Å². The SMILES string of the molecule is Cl.Cl.O=C1CC(C(=O)N(CCCN2CCC3(C=Cc4ccccc43)CC2)c2ccccc2)CN1CCc1ccccn1. The summed E-state index contributed by atoms with van der Waals surface area (Å²) in [6.45, 7) is 4.85. The van der Waals surface area contributed by atoms with Gasteiger partial charge in [-0.1, -0.05) is 60.7 Å². The highest BCUT2D eigenvalue weighted by molar-refractivity contribution is 5.99. The van der Waals surface area contributed by atoms with Gasteiger partial charge < -0.3 is 14.7 Å². The van der Waals surface area contributed by atoms with Gasteiger partial charge in [-0.25, -0.2) is 0 Å². The molecule has 1 unspecified atom stereocenters. The van der Waals surface area contributed by atoms with Crippen molar-refractivity contribution >= 4 is 48.4 Å². The summed E-state index contributed by atoms with van der Waals surface area (Å²) in [7, 11) is 0. The maximum absolute atomic E-state index is 13.8. The summed E-state index contributed by atoms with van der Waals surface area (Å²) in [6.07, 6.45) is 10.7. The first-order valence-electron chi connectivity index (χ1n) is 14.7. The quantitative estimate of drug-likeness (QED) is 0.309. The molecule has 2 aromatic carbocycles. The fourth-order valence-electron chi connectivity index (χ4n) is 6.64. The van der Waals surface area contributed by atoms with Gasteiger partial charge in [0, 0.05) is 55.5 Å². The highest BCUT2D eigenvalue weighted by Gasteiger charge is 2.38. The molecule has 3 heterocycles. The average molecular weight is 608 g/mol. The molecule has 2 saturated heterocycles. The predicted octanol–water partition coefficient (Wildman–Crippen LogP) is 5.80. The van der Waals surface area contributed by atoms with E-state index in [2.05, 4.69) is 46.3 Å². The van der Waals surface area contributed by atoms with Crippen LogP contribution in [0.3, 0.4) is 0 Å². The monoisotopic (exact) mass is 606 g/mol. The molecule has 8 heteroatoms. The summed E-state index contributed by atoms with van der Waals surface area (Å²) >= 11 is 0. The number of halogens is 2. The minimum atomic E-state index is -0.305. The highest BCUT2D eigenvalue weighted by Crippen LogP contribution is 2.43. The molecule has 6 nitrogen and oxygen atoms in total. The number of nitrogens with zero attached hydrogens (tertiary/aromatic N) is 4. The fourth-order valence-corrected chi connectivity index (χ4v) is 6.64. The largest absolute Gasteiger partial charge is 0.341 e. The van der Waals surface area contributed by atoms with E-state index in [0.29, 0.717) is 26.1 Å². The molecular formula is C34H40Cl2N4O2. The number of hydrogen-bond acceptors (Lipinski definition) is 4. The standard InChI is InChI=1S/C34H38N4O2.2ClH/c39-32-25-28(26-37(32)22-15-29-10-6-7-19-35-29)33(40)38(30-11-2-1-3-12-30)21-8-20-36-23-17-34(18-24-36)16-14-27-9-4-5-13-31(27)34;;/h1-7,9-14,16,19,28H,8,15,17-18,20-26H2;2*1H. The molecule has 42 heavy (non-hydrogen) atoms. The Kier molecular flexibility index (Phi) is 10.8. The second-order valence-corrected chi connectivity index (χ2v) is 11.4. The number of fused-ring (bicyclic) bond motifs is 2. The van der Waals surface area contributed by atoms with Crippen LogP contribution in [0.4, 0.5) is 5.69 Å². The Hall–Kier alpha value is -3.19. The summed E-state index contributed by atoms with van der Waals surface area (Å²) in [5, 5.41) is 0. The van der Waals surface area contributed by atoms with E-state index >= 15 is 0 Å². The number of amides is 2. The first kappa shape index (κ1) is 31.7. The van der Waals surface area contributed by atoms with Crippen molar-refractivity contribution in [2.24, 2.45) is 5.92 Å². The van der Waals surface area contributed by atoms with Crippen LogP contribution in [-0.4, -0.2) is 65.9 Å². The number of benzene rings is 2. The molecule has 1 aliphatic carbocycles. The van der Waals surface area contributed by atoms with E-state index in [1.54, 1.807) is 6.20 Å². The van der Waals surface area contributed by atoms with Crippen LogP contribution in [0.25, 0.3) is 6.08 Å². The zero-order chi connectivity index (χ0) is 27.4. The fraction of sp³-hybridized carbons (Fsp3) is 0.382. The summed E-state index contributed by atoms with van der Waals surface area (Å²) in [6, 6.07) is 24.6. The third kappa shape index (κ3) is 6.88. The lowest BCUT2D eigenvalue weighted by Gasteiger charge is -2.39. The van der Waals surface area contributed by atoms with Gasteiger partial charge in [0.2, 0.25) is 11.8 Å². The molecule has 0 N–H and O–H groups in total. The average Bonchev–Trinajstić information content (AvgIpc) is 3.56. The van der Waals surface area contributed by atoms with Crippen molar-refractivity contribution in [1.29, 1.82) is 0 Å². The van der Waals surface area contributed by atoms with Gasteiger partial charge in [0.1, 0.15) is 0 Å². The van der Waals surface area contributed by atoms with Crippen LogP contribution in [0, 0.1) is 5.92 Å². The molecule has 0 radical (unpaired) electrons. The normalized spacial score (nSPS) is 18.8. The maximum atomic E-state index is 13.8. The van der Waals surface area contributed by atoms with E-state index < -0.39 is 0 Å². The van der Waals surface area contributed by atoms with E-state index in [0.717, 1.165) is 50.3 Å². The maximum Gasteiger partial charge on any atom is 0.232 e. The lowest BCUT2D eigenvalue weighted by molar-refractivity contribution is -0.128. The number of piperidine rings is 1. The van der Waals surface area contributed by atoms with Crippen LogP contribution in [0.1, 0.15) is 42.5 Å². The molecule has 1 spiro atoms. The van der Waals surface area contributed by atoms with Crippen molar-refractivity contribution in [2.45, 2.75) is 37.5 Å². The summed E-state index contributed by atoms with van der Waals surface area (Å²) in [5.74, 6) is -0.183. The lowest BCUT2D eigenvalue weighted by atomic mass is 9.74. The minimum Gasteiger partial charge on any atom is -0.341 e. The third-order valence-electron chi connectivity index (χ3n) is 8.95. The number of aromatic nitrogens is 1. The van der Waals surface area contributed by atoms with E-state index in [1.165, 1.54) is 11.1 Å². The van der Waals surface area contributed by atoms with Crippen molar-refractivity contribution in [2.75, 3.05) is 44.2 Å². The van der Waals surface area contributed by atoms with Crippen LogP contribution >= 0.6 is 24.8 Å². The number of hydrogen-bond donors (Lipinski definition) is 0. The van der Waals surface area contributed by atoms with Crippen LogP contribution in [0.15, 0.2) is 85.1 Å². The van der Waals surface area contributed by atoms with Crippen molar-refractivity contribution < 1.29 is 9.59 Å². The molecule has 0 bridgehead atoms. The molecule has 0 saturated carbocycles. The van der Waals surface area contributed by atoms with Gasteiger partial charge in [-0.05, 0) is 74.3 Å². The van der Waals surface area contributed by atoms with Gasteiger partial charge >= 0.3 is 0 Å². The van der Waals surface area contributed by atoms with Crippen molar-refractivity contribution in [3.8, 4) is 0 Å². The Morgan fingerprint density at radius 3 is 2.43 bits per heavy atom. The molecule has 2 fully saturated rings. The molecule has 1 atom stereocenters. The number of rotatable bonds is 9. The van der Waals surface area contributed by atoms with Gasteiger partial charge in [-0.3, -0.25) is 14.6 Å². The number of pyridine rings is 1. The minimum absolute atomic E-state index is 0. The molecule has 3 aromatic rings. The topological polar surface area (TPSA) is 56.8 Å². The lowest BCUT2D eigenvalue weighted by Crippen LogP contribution is -2.43. The molecule has 2 amide bonds. The Balaban J connectivity index is 0.00000202. The zero-order valence-corrected chi connectivity index (χ0v) is 25.6. The van der Waals surface area contributed by atoms with Gasteiger partial charge in [0.05, 0.1) is 5.92 Å². The number of allylic oxidation sites excluding steroid dienone is 1. The molecule has 1 aromatic heterocycles. The van der Waals surface area contributed by atoms with Gasteiger partial charge in [-0.2, -0.15) is 0 Å². The molecular weight excluding hydrogens is 567 g/mol. The second-order valence-electron chi connectivity index (χ2n) is 11.4. The highest BCUT2D eigenvalue weighted by atomic mass is 35.5. The number of carbonyl (C=O) groups excluding carboxylic acids is 2. The number of para-hydroxylation sites is 1. The Morgan fingerprint density at radius 2 is 1.67 bits per heavy atom. The van der Waals surface area contributed by atoms with Crippen LogP contribution < -0.4 is 4.90 Å². The summed E-state index contributed by atoms with van der Waals surface area (Å²) < 4.78 is 0. The van der Waals surface area contributed by atoms with Gasteiger partial charge in [-0.15, -0.1) is 24.8 Å². The summed E-state index contributed by atoms with van der Waals surface area (Å²) in [4.78, 5) is 37.3. The van der Waals surface area contributed by atoms with Crippen LogP contribution in [-0.2, 0) is 21.4 Å². The number of likely N-dealkylation sites (tertiary alicyclic amines) is 2. The molecule has 222 valence electrons. The number of anilines is 1. The third-order valence-corrected chi connectivity index (χ3v) is 8.95. The van der Waals surface area contributed by atoms with Crippen LogP contribution in [0.2, 0.25) is 0 Å². The molecule has 3 aliphatic rings. The first-order valence-corrected chi connectivity index (χ1v) is 14.7. The van der Waals surface area contributed by atoms with Gasteiger partial charge in [0.25, 0.3) is 0 Å². The second kappa shape index (κ2) is 14.3.